The van der Waals surface area contributed by atoms with Gasteiger partial charge in [0.05, 0.1) is 5.56 Å². The van der Waals surface area contributed by atoms with Crippen molar-refractivity contribution in [3.8, 4) is 5.88 Å². The zero-order valence-corrected chi connectivity index (χ0v) is 12.8. The summed E-state index contributed by atoms with van der Waals surface area (Å²) in [5.74, 6) is 1.74. The van der Waals surface area contributed by atoms with Crippen molar-refractivity contribution in [2.75, 3.05) is 0 Å². The van der Waals surface area contributed by atoms with E-state index in [9.17, 15) is 0 Å². The van der Waals surface area contributed by atoms with E-state index in [1.54, 1.807) is 0 Å². The highest BCUT2D eigenvalue weighted by molar-refractivity contribution is 6.30. The Balaban J connectivity index is 2.12. The van der Waals surface area contributed by atoms with Crippen LogP contribution in [0.25, 0.3) is 0 Å². The SMILES string of the molecule is CCC1CCCC(Oc2ncnc(Cl)c2C(C)C)C1. The number of halogens is 1. The Morgan fingerprint density at radius 2 is 2.16 bits per heavy atom. The Morgan fingerprint density at radius 1 is 1.37 bits per heavy atom. The summed E-state index contributed by atoms with van der Waals surface area (Å²) < 4.78 is 6.13. The first kappa shape index (κ1) is 14.6. The molecule has 0 saturated heterocycles. The van der Waals surface area contributed by atoms with Gasteiger partial charge in [-0.3, -0.25) is 0 Å². The third-order valence-electron chi connectivity index (χ3n) is 3.97. The Morgan fingerprint density at radius 3 is 2.84 bits per heavy atom. The summed E-state index contributed by atoms with van der Waals surface area (Å²) in [6.45, 7) is 6.44. The molecular formula is C15H23ClN2O. The van der Waals surface area contributed by atoms with Gasteiger partial charge >= 0.3 is 0 Å². The second-order valence-electron chi connectivity index (χ2n) is 5.72. The molecule has 1 aliphatic rings. The maximum Gasteiger partial charge on any atom is 0.221 e. The van der Waals surface area contributed by atoms with E-state index in [0.29, 0.717) is 11.0 Å². The summed E-state index contributed by atoms with van der Waals surface area (Å²) in [4.78, 5) is 8.35. The first-order valence-electron chi connectivity index (χ1n) is 7.28. The molecule has 3 nitrogen and oxygen atoms in total. The van der Waals surface area contributed by atoms with Crippen LogP contribution in [0.15, 0.2) is 6.33 Å². The molecule has 0 bridgehead atoms. The molecule has 0 amide bonds. The van der Waals surface area contributed by atoms with E-state index in [1.807, 2.05) is 0 Å². The van der Waals surface area contributed by atoms with Crippen LogP contribution >= 0.6 is 11.6 Å². The van der Waals surface area contributed by atoms with Gasteiger partial charge in [-0.05, 0) is 31.1 Å². The summed E-state index contributed by atoms with van der Waals surface area (Å²) in [5.41, 5.74) is 0.933. The number of ether oxygens (including phenoxy) is 1. The van der Waals surface area contributed by atoms with E-state index < -0.39 is 0 Å². The van der Waals surface area contributed by atoms with Gasteiger partial charge in [0.25, 0.3) is 0 Å². The van der Waals surface area contributed by atoms with Crippen molar-refractivity contribution in [2.24, 2.45) is 5.92 Å². The van der Waals surface area contributed by atoms with Crippen LogP contribution in [0.2, 0.25) is 5.15 Å². The van der Waals surface area contributed by atoms with Crippen molar-refractivity contribution in [2.45, 2.75) is 64.9 Å². The van der Waals surface area contributed by atoms with Gasteiger partial charge in [-0.15, -0.1) is 0 Å². The maximum absolute atomic E-state index is 6.17. The maximum atomic E-state index is 6.17. The lowest BCUT2D eigenvalue weighted by molar-refractivity contribution is 0.115. The molecule has 1 fully saturated rings. The Bertz CT molecular complexity index is 423. The molecule has 2 rings (SSSR count). The van der Waals surface area contributed by atoms with Gasteiger partial charge in [-0.25, -0.2) is 9.97 Å². The molecule has 0 radical (unpaired) electrons. The van der Waals surface area contributed by atoms with Crippen molar-refractivity contribution < 1.29 is 4.74 Å². The van der Waals surface area contributed by atoms with Crippen molar-refractivity contribution in [1.82, 2.24) is 9.97 Å². The quantitative estimate of drug-likeness (QED) is 0.757. The topological polar surface area (TPSA) is 35.0 Å². The molecule has 1 aliphatic carbocycles. The summed E-state index contributed by atoms with van der Waals surface area (Å²) in [5, 5.41) is 0.517. The molecule has 0 aliphatic heterocycles. The largest absolute Gasteiger partial charge is 0.474 e. The Labute approximate surface area is 120 Å². The summed E-state index contributed by atoms with van der Waals surface area (Å²) in [6.07, 6.45) is 7.84. The molecule has 2 unspecified atom stereocenters. The van der Waals surface area contributed by atoms with E-state index >= 15 is 0 Å². The third kappa shape index (κ3) is 3.59. The van der Waals surface area contributed by atoms with Gasteiger partial charge in [0, 0.05) is 0 Å². The minimum atomic E-state index is 0.272. The van der Waals surface area contributed by atoms with Crippen LogP contribution in [0.4, 0.5) is 0 Å². The molecule has 1 heterocycles. The molecule has 0 N–H and O–H groups in total. The van der Waals surface area contributed by atoms with Crippen molar-refractivity contribution >= 4 is 11.6 Å². The minimum absolute atomic E-state index is 0.272. The second-order valence-corrected chi connectivity index (χ2v) is 6.08. The first-order valence-corrected chi connectivity index (χ1v) is 7.66. The molecule has 1 aromatic heterocycles. The van der Waals surface area contributed by atoms with Crippen molar-refractivity contribution in [1.29, 1.82) is 0 Å². The Hall–Kier alpha value is -0.830. The standard InChI is InChI=1S/C15H23ClN2O/c1-4-11-6-5-7-12(8-11)19-15-13(10(2)3)14(16)17-9-18-15/h9-12H,4-8H2,1-3H3. The fourth-order valence-electron chi connectivity index (χ4n) is 2.82. The fraction of sp³-hybridized carbons (Fsp3) is 0.733. The van der Waals surface area contributed by atoms with Crippen LogP contribution < -0.4 is 4.74 Å². The number of rotatable bonds is 4. The van der Waals surface area contributed by atoms with E-state index in [-0.39, 0.29) is 12.0 Å². The minimum Gasteiger partial charge on any atom is -0.474 e. The third-order valence-corrected chi connectivity index (χ3v) is 4.27. The lowest BCUT2D eigenvalue weighted by atomic mass is 9.85. The lowest BCUT2D eigenvalue weighted by Crippen LogP contribution is -2.26. The monoisotopic (exact) mass is 282 g/mol. The molecule has 4 heteroatoms. The van der Waals surface area contributed by atoms with E-state index in [0.717, 1.165) is 24.3 Å². The molecular weight excluding hydrogens is 260 g/mol. The lowest BCUT2D eigenvalue weighted by Gasteiger charge is -2.29. The van der Waals surface area contributed by atoms with Gasteiger partial charge in [0.1, 0.15) is 17.6 Å². The van der Waals surface area contributed by atoms with E-state index in [1.165, 1.54) is 25.6 Å². The average Bonchev–Trinajstić information content (AvgIpc) is 2.38. The summed E-state index contributed by atoms with van der Waals surface area (Å²) in [6, 6.07) is 0. The van der Waals surface area contributed by atoms with Gasteiger partial charge in [-0.2, -0.15) is 0 Å². The van der Waals surface area contributed by atoms with Crippen molar-refractivity contribution in [3.05, 3.63) is 17.0 Å². The number of aromatic nitrogens is 2. The zero-order chi connectivity index (χ0) is 13.8. The highest BCUT2D eigenvalue weighted by atomic mass is 35.5. The Kier molecular flexibility index (Phi) is 5.03. The van der Waals surface area contributed by atoms with Gasteiger partial charge in [0.15, 0.2) is 0 Å². The molecule has 19 heavy (non-hydrogen) atoms. The molecule has 1 saturated carbocycles. The van der Waals surface area contributed by atoms with Crippen LogP contribution in [0.5, 0.6) is 5.88 Å². The molecule has 0 aromatic carbocycles. The molecule has 1 aromatic rings. The molecule has 2 atom stereocenters. The smallest absolute Gasteiger partial charge is 0.221 e. The van der Waals surface area contributed by atoms with Crippen molar-refractivity contribution in [3.63, 3.8) is 0 Å². The summed E-state index contributed by atoms with van der Waals surface area (Å²) in [7, 11) is 0. The number of nitrogens with zero attached hydrogens (tertiary/aromatic N) is 2. The predicted molar refractivity (Wildman–Crippen MR) is 77.8 cm³/mol. The van der Waals surface area contributed by atoms with Crippen LogP contribution in [-0.2, 0) is 0 Å². The van der Waals surface area contributed by atoms with Crippen LogP contribution in [0, 0.1) is 5.92 Å². The average molecular weight is 283 g/mol. The molecule has 106 valence electrons. The molecule has 0 spiro atoms. The fourth-order valence-corrected chi connectivity index (χ4v) is 3.16. The van der Waals surface area contributed by atoms with Gasteiger partial charge in [-0.1, -0.05) is 45.2 Å². The van der Waals surface area contributed by atoms with Crippen LogP contribution in [0.1, 0.15) is 64.4 Å². The highest BCUT2D eigenvalue weighted by Crippen LogP contribution is 2.34. The normalized spacial score (nSPS) is 23.6. The zero-order valence-electron chi connectivity index (χ0n) is 12.0. The van der Waals surface area contributed by atoms with E-state index in [2.05, 4.69) is 30.7 Å². The van der Waals surface area contributed by atoms with Gasteiger partial charge < -0.3 is 4.74 Å². The number of hydrogen-bond acceptors (Lipinski definition) is 3. The van der Waals surface area contributed by atoms with Crippen LogP contribution in [0.3, 0.4) is 0 Å². The highest BCUT2D eigenvalue weighted by Gasteiger charge is 2.24. The van der Waals surface area contributed by atoms with Gasteiger partial charge in [0.2, 0.25) is 5.88 Å². The first-order chi connectivity index (χ1) is 9.11. The van der Waals surface area contributed by atoms with E-state index in [4.69, 9.17) is 16.3 Å². The van der Waals surface area contributed by atoms with Crippen LogP contribution in [-0.4, -0.2) is 16.1 Å². The predicted octanol–water partition coefficient (Wildman–Crippen LogP) is 4.60. The number of hydrogen-bond donors (Lipinski definition) is 0. The summed E-state index contributed by atoms with van der Waals surface area (Å²) >= 11 is 6.17. The second kappa shape index (κ2) is 6.56.